The lowest BCUT2D eigenvalue weighted by molar-refractivity contribution is 0.451. The molecule has 0 aliphatic carbocycles. The molecule has 100 valence electrons. The molecule has 0 spiro atoms. The number of fused-ring (bicyclic) bond motifs is 1. The van der Waals surface area contributed by atoms with E-state index in [1.54, 1.807) is 0 Å². The Morgan fingerprint density at radius 1 is 1.28 bits per heavy atom. The van der Waals surface area contributed by atoms with Crippen LogP contribution in [0.3, 0.4) is 0 Å². The highest BCUT2D eigenvalue weighted by atomic mass is 32.2. The van der Waals surface area contributed by atoms with Crippen molar-refractivity contribution in [3.8, 4) is 0 Å². The summed E-state index contributed by atoms with van der Waals surface area (Å²) in [5, 5.41) is -0.356. The summed E-state index contributed by atoms with van der Waals surface area (Å²) in [4.78, 5) is 4.45. The van der Waals surface area contributed by atoms with E-state index in [-0.39, 0.29) is 5.25 Å². The summed E-state index contributed by atoms with van der Waals surface area (Å²) in [5.41, 5.74) is 1.22. The summed E-state index contributed by atoms with van der Waals surface area (Å²) in [7, 11) is -2.98. The van der Waals surface area contributed by atoms with Crippen LogP contribution in [0, 0.1) is 0 Å². The first-order chi connectivity index (χ1) is 8.59. The minimum Gasteiger partial charge on any atom is -0.331 e. The van der Waals surface area contributed by atoms with E-state index < -0.39 is 9.84 Å². The molecule has 0 bridgehead atoms. The van der Waals surface area contributed by atoms with Crippen molar-refractivity contribution in [1.29, 1.82) is 0 Å². The van der Waals surface area contributed by atoms with Gasteiger partial charge in [-0.3, -0.25) is 0 Å². The maximum absolute atomic E-state index is 12.2. The van der Waals surface area contributed by atoms with Gasteiger partial charge in [-0.15, -0.1) is 0 Å². The van der Waals surface area contributed by atoms with Crippen molar-refractivity contribution < 1.29 is 8.42 Å². The average molecular weight is 268 g/mol. The van der Waals surface area contributed by atoms with E-state index in [1.807, 2.05) is 6.20 Å². The van der Waals surface area contributed by atoms with E-state index in [2.05, 4.69) is 16.5 Å². The Labute approximate surface area is 108 Å². The molecule has 0 amide bonds. The Morgan fingerprint density at radius 2 is 2.11 bits per heavy atom. The molecule has 2 unspecified atom stereocenters. The highest BCUT2D eigenvalue weighted by Gasteiger charge is 2.35. The van der Waals surface area contributed by atoms with Gasteiger partial charge in [0.05, 0.1) is 5.75 Å². The van der Waals surface area contributed by atoms with Gasteiger partial charge in [0.1, 0.15) is 11.1 Å². The van der Waals surface area contributed by atoms with Gasteiger partial charge in [-0.05, 0) is 31.6 Å². The molecule has 0 saturated carbocycles. The Bertz CT molecular complexity index is 547. The smallest absolute Gasteiger partial charge is 0.160 e. The van der Waals surface area contributed by atoms with Gasteiger partial charge in [-0.1, -0.05) is 13.3 Å². The molecule has 2 atom stereocenters. The molecule has 3 rings (SSSR count). The van der Waals surface area contributed by atoms with Crippen LogP contribution in [0.2, 0.25) is 0 Å². The monoisotopic (exact) mass is 268 g/mol. The second-order valence-corrected chi connectivity index (χ2v) is 7.89. The lowest BCUT2D eigenvalue weighted by Gasteiger charge is -2.26. The molecule has 4 nitrogen and oxygen atoms in total. The fourth-order valence-corrected chi connectivity index (χ4v) is 5.17. The predicted octanol–water partition coefficient (Wildman–Crippen LogP) is 2.42. The zero-order chi connectivity index (χ0) is 12.8. The van der Waals surface area contributed by atoms with Crippen molar-refractivity contribution in [3.63, 3.8) is 0 Å². The molecule has 5 heteroatoms. The zero-order valence-electron chi connectivity index (χ0n) is 10.8. The van der Waals surface area contributed by atoms with E-state index in [0.717, 1.165) is 38.1 Å². The third-order valence-electron chi connectivity index (χ3n) is 4.31. The SMILES string of the molecule is CC1CCCn2c1cnc2C1CCCCS1(=O)=O. The van der Waals surface area contributed by atoms with Crippen LogP contribution in [0.15, 0.2) is 6.20 Å². The minimum atomic E-state index is -2.98. The minimum absolute atomic E-state index is 0.329. The summed E-state index contributed by atoms with van der Waals surface area (Å²) in [6.07, 6.45) is 6.76. The third-order valence-corrected chi connectivity index (χ3v) is 6.48. The molecule has 2 aliphatic heterocycles. The second kappa shape index (κ2) is 4.37. The summed E-state index contributed by atoms with van der Waals surface area (Å²) in [6.45, 7) is 3.13. The first-order valence-corrected chi connectivity index (χ1v) is 8.58. The number of hydrogen-bond donors (Lipinski definition) is 0. The van der Waals surface area contributed by atoms with Crippen LogP contribution >= 0.6 is 0 Å². The van der Waals surface area contributed by atoms with Gasteiger partial charge >= 0.3 is 0 Å². The highest BCUT2D eigenvalue weighted by molar-refractivity contribution is 7.91. The highest BCUT2D eigenvalue weighted by Crippen LogP contribution is 2.36. The molecule has 0 N–H and O–H groups in total. The van der Waals surface area contributed by atoms with E-state index in [0.29, 0.717) is 11.7 Å². The molecule has 18 heavy (non-hydrogen) atoms. The lowest BCUT2D eigenvalue weighted by Crippen LogP contribution is -2.26. The number of rotatable bonds is 1. The summed E-state index contributed by atoms with van der Waals surface area (Å²) in [6, 6.07) is 0. The predicted molar refractivity (Wildman–Crippen MR) is 70.3 cm³/mol. The van der Waals surface area contributed by atoms with E-state index in [9.17, 15) is 8.42 Å². The number of aromatic nitrogens is 2. The fraction of sp³-hybridized carbons (Fsp3) is 0.769. The topological polar surface area (TPSA) is 52.0 Å². The average Bonchev–Trinajstić information content (AvgIpc) is 2.74. The standard InChI is InChI=1S/C13H20N2O2S/c1-10-5-4-7-15-11(10)9-14-13(15)12-6-2-3-8-18(12,16)17/h9-10,12H,2-8H2,1H3. The first kappa shape index (κ1) is 12.2. The van der Waals surface area contributed by atoms with Gasteiger partial charge in [-0.25, -0.2) is 13.4 Å². The maximum Gasteiger partial charge on any atom is 0.160 e. The Kier molecular flexibility index (Phi) is 2.96. The molecule has 0 radical (unpaired) electrons. The van der Waals surface area contributed by atoms with Crippen molar-refractivity contribution in [2.75, 3.05) is 5.75 Å². The van der Waals surface area contributed by atoms with Crippen LogP contribution in [-0.2, 0) is 16.4 Å². The van der Waals surface area contributed by atoms with Crippen molar-refractivity contribution in [2.24, 2.45) is 0 Å². The lowest BCUT2D eigenvalue weighted by atomic mass is 9.98. The molecule has 3 heterocycles. The van der Waals surface area contributed by atoms with Gasteiger partial charge < -0.3 is 4.57 Å². The number of nitrogens with zero attached hydrogens (tertiary/aromatic N) is 2. The number of sulfone groups is 1. The van der Waals surface area contributed by atoms with Gasteiger partial charge in [-0.2, -0.15) is 0 Å². The Hall–Kier alpha value is -0.840. The molecule has 1 aromatic heterocycles. The number of hydrogen-bond acceptors (Lipinski definition) is 3. The molecule has 1 aromatic rings. The first-order valence-electron chi connectivity index (χ1n) is 6.86. The number of imidazole rings is 1. The third kappa shape index (κ3) is 1.88. The van der Waals surface area contributed by atoms with Crippen LogP contribution in [0.4, 0.5) is 0 Å². The quantitative estimate of drug-likeness (QED) is 0.786. The van der Waals surface area contributed by atoms with E-state index in [1.165, 1.54) is 12.1 Å². The fourth-order valence-electron chi connectivity index (χ4n) is 3.25. The maximum atomic E-state index is 12.2. The summed E-state index contributed by atoms with van der Waals surface area (Å²) >= 11 is 0. The van der Waals surface area contributed by atoms with Crippen LogP contribution < -0.4 is 0 Å². The van der Waals surface area contributed by atoms with Gasteiger partial charge in [0, 0.05) is 18.4 Å². The molecule has 1 saturated heterocycles. The van der Waals surface area contributed by atoms with Crippen molar-refractivity contribution in [2.45, 2.75) is 56.7 Å². The Balaban J connectivity index is 2.02. The van der Waals surface area contributed by atoms with Crippen molar-refractivity contribution in [1.82, 2.24) is 9.55 Å². The Morgan fingerprint density at radius 3 is 2.89 bits per heavy atom. The largest absolute Gasteiger partial charge is 0.331 e. The van der Waals surface area contributed by atoms with Crippen LogP contribution in [0.25, 0.3) is 0 Å². The second-order valence-electron chi connectivity index (χ2n) is 5.59. The van der Waals surface area contributed by atoms with Crippen molar-refractivity contribution >= 4 is 9.84 Å². The van der Waals surface area contributed by atoms with E-state index in [4.69, 9.17) is 0 Å². The molecule has 1 fully saturated rings. The summed E-state index contributed by atoms with van der Waals surface area (Å²) < 4.78 is 26.6. The van der Waals surface area contributed by atoms with Gasteiger partial charge in [0.15, 0.2) is 9.84 Å². The molecule has 2 aliphatic rings. The van der Waals surface area contributed by atoms with Gasteiger partial charge in [0.25, 0.3) is 0 Å². The van der Waals surface area contributed by atoms with E-state index >= 15 is 0 Å². The van der Waals surface area contributed by atoms with Crippen LogP contribution in [-0.4, -0.2) is 23.7 Å². The normalized spacial score (nSPS) is 30.9. The van der Waals surface area contributed by atoms with Crippen molar-refractivity contribution in [3.05, 3.63) is 17.7 Å². The van der Waals surface area contributed by atoms with Crippen LogP contribution in [0.1, 0.15) is 61.7 Å². The summed E-state index contributed by atoms with van der Waals surface area (Å²) in [5.74, 6) is 1.64. The van der Waals surface area contributed by atoms with Crippen LogP contribution in [0.5, 0.6) is 0 Å². The molecular weight excluding hydrogens is 248 g/mol. The molecular formula is C13H20N2O2S. The molecule has 0 aromatic carbocycles. The zero-order valence-corrected chi connectivity index (χ0v) is 11.6. The van der Waals surface area contributed by atoms with Gasteiger partial charge in [0.2, 0.25) is 0 Å².